The summed E-state index contributed by atoms with van der Waals surface area (Å²) >= 11 is 0. The van der Waals surface area contributed by atoms with Gasteiger partial charge in [0.05, 0.1) is 6.61 Å². The number of nitrogens with zero attached hydrogens (tertiary/aromatic N) is 1. The quantitative estimate of drug-likeness (QED) is 0.0891. The van der Waals surface area contributed by atoms with Crippen LogP contribution in [-0.4, -0.2) is 73.7 Å². The van der Waals surface area contributed by atoms with Crippen molar-refractivity contribution in [3.8, 4) is 0 Å². The lowest BCUT2D eigenvalue weighted by Crippen LogP contribution is -2.27. The van der Waals surface area contributed by atoms with Gasteiger partial charge in [0.2, 0.25) is 0 Å². The predicted octanol–water partition coefficient (Wildman–Crippen LogP) is -2.27. The second-order valence-electron chi connectivity index (χ2n) is 4.93. The van der Waals surface area contributed by atoms with Crippen LogP contribution in [0.1, 0.15) is 25.7 Å². The van der Waals surface area contributed by atoms with E-state index in [1.54, 1.807) is 0 Å². The van der Waals surface area contributed by atoms with E-state index in [0.717, 1.165) is 12.8 Å². The van der Waals surface area contributed by atoms with Gasteiger partial charge in [-0.1, -0.05) is 0 Å². The van der Waals surface area contributed by atoms with E-state index in [1.165, 1.54) is 0 Å². The van der Waals surface area contributed by atoms with E-state index < -0.39 is 18.0 Å². The number of hydrogen-bond acceptors (Lipinski definition) is 8. The van der Waals surface area contributed by atoms with Crippen molar-refractivity contribution < 1.29 is 29.3 Å². The van der Waals surface area contributed by atoms with E-state index in [-0.39, 0.29) is 32.1 Å². The van der Waals surface area contributed by atoms with Crippen LogP contribution < -0.4 is 22.9 Å². The van der Waals surface area contributed by atoms with Crippen molar-refractivity contribution in [1.29, 1.82) is 0 Å². The fourth-order valence-corrected chi connectivity index (χ4v) is 1.26. The Balaban J connectivity index is 0. The molecule has 0 radical (unpaired) electrons. The fourth-order valence-electron chi connectivity index (χ4n) is 1.26. The standard InChI is InChI=1S/C10H22N4O4.C4H9NO2/c11-3-1-2-4-17-6-8(15)7-18-9(16)5-14-10(12)13;5-3-1-2-4(6)7/h8,15H,1-7,11H2,(H4,12,13,14);1-3,5H2,(H,6,7). The molecular formula is C14H31N5O6. The summed E-state index contributed by atoms with van der Waals surface area (Å²) in [6.07, 6.45) is 1.63. The summed E-state index contributed by atoms with van der Waals surface area (Å²) in [7, 11) is 0. The number of aliphatic hydroxyl groups is 1. The third kappa shape index (κ3) is 24.4. The van der Waals surface area contributed by atoms with Crippen LogP contribution in [0.4, 0.5) is 0 Å². The van der Waals surface area contributed by atoms with Crippen molar-refractivity contribution in [2.75, 3.05) is 39.5 Å². The van der Waals surface area contributed by atoms with Gasteiger partial charge in [-0.2, -0.15) is 0 Å². The molecule has 0 aromatic heterocycles. The number of aliphatic imine (C=N–C) groups is 1. The lowest BCUT2D eigenvalue weighted by molar-refractivity contribution is -0.146. The zero-order valence-corrected chi connectivity index (χ0v) is 14.4. The number of guanidine groups is 1. The summed E-state index contributed by atoms with van der Waals surface area (Å²) in [4.78, 5) is 24.2. The number of esters is 1. The summed E-state index contributed by atoms with van der Waals surface area (Å²) in [5.74, 6) is -1.56. The average Bonchev–Trinajstić information content (AvgIpc) is 2.56. The molecule has 0 aliphatic carbocycles. The SMILES string of the molecule is NCCCC(=O)O.NCCCCOCC(O)COC(=O)CN=C(N)N. The Hall–Kier alpha value is -1.95. The number of hydrogen-bond donors (Lipinski definition) is 6. The number of rotatable bonds is 13. The number of unbranched alkanes of at least 4 members (excludes halogenated alkanes) is 1. The van der Waals surface area contributed by atoms with E-state index in [4.69, 9.17) is 37.5 Å². The van der Waals surface area contributed by atoms with Crippen molar-refractivity contribution in [1.82, 2.24) is 0 Å². The van der Waals surface area contributed by atoms with E-state index >= 15 is 0 Å². The van der Waals surface area contributed by atoms with Crippen LogP contribution >= 0.6 is 0 Å². The molecule has 0 heterocycles. The average molecular weight is 365 g/mol. The molecule has 0 fully saturated rings. The van der Waals surface area contributed by atoms with Gasteiger partial charge in [-0.3, -0.25) is 9.59 Å². The summed E-state index contributed by atoms with van der Waals surface area (Å²) in [5, 5.41) is 17.4. The van der Waals surface area contributed by atoms with Crippen molar-refractivity contribution in [3.63, 3.8) is 0 Å². The molecule has 0 aromatic carbocycles. The number of aliphatic hydroxyl groups excluding tert-OH is 1. The van der Waals surface area contributed by atoms with Crippen LogP contribution in [-0.2, 0) is 19.1 Å². The van der Waals surface area contributed by atoms with E-state index in [0.29, 0.717) is 26.1 Å². The Kier molecular flexibility index (Phi) is 18.6. The molecule has 0 spiro atoms. The minimum atomic E-state index is -0.856. The van der Waals surface area contributed by atoms with Gasteiger partial charge in [0.25, 0.3) is 0 Å². The van der Waals surface area contributed by atoms with Gasteiger partial charge in [0.15, 0.2) is 5.96 Å². The first-order chi connectivity index (χ1) is 11.8. The normalized spacial score (nSPS) is 11.0. The third-order valence-corrected chi connectivity index (χ3v) is 2.48. The fraction of sp³-hybridized carbons (Fsp3) is 0.786. The largest absolute Gasteiger partial charge is 0.481 e. The number of ether oxygens (including phenoxy) is 2. The van der Waals surface area contributed by atoms with Crippen LogP contribution in [0.25, 0.3) is 0 Å². The first kappa shape index (κ1) is 25.3. The Bertz CT molecular complexity index is 377. The van der Waals surface area contributed by atoms with E-state index in [9.17, 15) is 14.7 Å². The van der Waals surface area contributed by atoms with Gasteiger partial charge in [0.1, 0.15) is 19.3 Å². The molecular weight excluding hydrogens is 334 g/mol. The van der Waals surface area contributed by atoms with Gasteiger partial charge in [-0.25, -0.2) is 4.99 Å². The summed E-state index contributed by atoms with van der Waals surface area (Å²) in [6, 6.07) is 0. The van der Waals surface area contributed by atoms with Gasteiger partial charge >= 0.3 is 11.9 Å². The third-order valence-electron chi connectivity index (χ3n) is 2.48. The predicted molar refractivity (Wildman–Crippen MR) is 92.7 cm³/mol. The van der Waals surface area contributed by atoms with Gasteiger partial charge in [-0.15, -0.1) is 0 Å². The molecule has 0 aromatic rings. The maximum Gasteiger partial charge on any atom is 0.327 e. The molecule has 11 nitrogen and oxygen atoms in total. The number of aliphatic carboxylic acids is 1. The molecule has 0 bridgehead atoms. The molecule has 1 atom stereocenters. The highest BCUT2D eigenvalue weighted by atomic mass is 16.5. The van der Waals surface area contributed by atoms with Crippen LogP contribution in [0.15, 0.2) is 4.99 Å². The highest BCUT2D eigenvalue weighted by Crippen LogP contribution is 1.92. The molecule has 0 saturated carbocycles. The lowest BCUT2D eigenvalue weighted by Gasteiger charge is -2.11. The molecule has 0 amide bonds. The number of carboxylic acid groups (broad SMARTS) is 1. The molecule has 10 N–H and O–H groups in total. The monoisotopic (exact) mass is 365 g/mol. The first-order valence-electron chi connectivity index (χ1n) is 7.92. The minimum Gasteiger partial charge on any atom is -0.481 e. The van der Waals surface area contributed by atoms with Crippen molar-refractivity contribution >= 4 is 17.9 Å². The molecule has 0 saturated heterocycles. The zero-order valence-electron chi connectivity index (χ0n) is 14.4. The molecule has 1 unspecified atom stereocenters. The summed E-state index contributed by atoms with van der Waals surface area (Å²) < 4.78 is 9.89. The first-order valence-corrected chi connectivity index (χ1v) is 7.92. The lowest BCUT2D eigenvalue weighted by atomic mass is 10.3. The smallest absolute Gasteiger partial charge is 0.327 e. The Labute approximate surface area is 147 Å². The number of carbonyl (C=O) groups is 2. The Morgan fingerprint density at radius 1 is 1.04 bits per heavy atom. The second-order valence-corrected chi connectivity index (χ2v) is 4.93. The maximum atomic E-state index is 11.1. The molecule has 0 aliphatic heterocycles. The van der Waals surface area contributed by atoms with Gasteiger partial charge in [-0.05, 0) is 32.4 Å². The molecule has 0 aliphatic rings. The number of nitrogens with two attached hydrogens (primary N) is 4. The maximum absolute atomic E-state index is 11.1. The highest BCUT2D eigenvalue weighted by molar-refractivity contribution is 5.80. The summed E-state index contributed by atoms with van der Waals surface area (Å²) in [6.45, 7) is 1.32. The zero-order chi connectivity index (χ0) is 19.5. The van der Waals surface area contributed by atoms with E-state index in [1.807, 2.05) is 0 Å². The Morgan fingerprint density at radius 3 is 2.16 bits per heavy atom. The van der Waals surface area contributed by atoms with Crippen molar-refractivity contribution in [2.24, 2.45) is 27.9 Å². The van der Waals surface area contributed by atoms with Crippen molar-refractivity contribution in [2.45, 2.75) is 31.8 Å². The van der Waals surface area contributed by atoms with Crippen molar-refractivity contribution in [3.05, 3.63) is 0 Å². The molecule has 148 valence electrons. The van der Waals surface area contributed by atoms with Crippen LogP contribution in [0.2, 0.25) is 0 Å². The molecule has 0 rings (SSSR count). The number of carbonyl (C=O) groups excluding carboxylic acids is 1. The van der Waals surface area contributed by atoms with E-state index in [2.05, 4.69) is 4.99 Å². The molecule has 11 heteroatoms. The number of carboxylic acids is 1. The topological polar surface area (TPSA) is 210 Å². The van der Waals surface area contributed by atoms with Crippen LogP contribution in [0, 0.1) is 0 Å². The van der Waals surface area contributed by atoms with Gasteiger partial charge in [0, 0.05) is 13.0 Å². The molecule has 25 heavy (non-hydrogen) atoms. The Morgan fingerprint density at radius 2 is 1.68 bits per heavy atom. The van der Waals surface area contributed by atoms with Gasteiger partial charge < -0.3 is 42.6 Å². The van der Waals surface area contributed by atoms with Crippen LogP contribution in [0.5, 0.6) is 0 Å². The summed E-state index contributed by atoms with van der Waals surface area (Å²) in [5.41, 5.74) is 20.4. The van der Waals surface area contributed by atoms with Crippen LogP contribution in [0.3, 0.4) is 0 Å². The highest BCUT2D eigenvalue weighted by Gasteiger charge is 2.08. The second kappa shape index (κ2) is 18.4. The minimum absolute atomic E-state index is 0.111.